The third-order valence-electron chi connectivity index (χ3n) is 14.1. The van der Waals surface area contributed by atoms with Crippen molar-refractivity contribution >= 4 is 11.9 Å². The molecule has 0 rings (SSSR count). The number of amides is 1. The molecular weight excluding hydrogens is 851 g/mol. The summed E-state index contributed by atoms with van der Waals surface area (Å²) in [5, 5.41) is 23.4. The molecule has 0 aliphatic carbocycles. The van der Waals surface area contributed by atoms with Gasteiger partial charge in [-0.15, -0.1) is 0 Å². The molecule has 0 bridgehead atoms. The van der Waals surface area contributed by atoms with Crippen LogP contribution in [0.15, 0.2) is 36.5 Å². The lowest BCUT2D eigenvalue weighted by molar-refractivity contribution is -0.143. The zero-order valence-electron chi connectivity index (χ0n) is 46.3. The van der Waals surface area contributed by atoms with Gasteiger partial charge in [-0.2, -0.15) is 0 Å². The molecule has 0 radical (unpaired) electrons. The fourth-order valence-corrected chi connectivity index (χ4v) is 9.44. The van der Waals surface area contributed by atoms with Gasteiger partial charge < -0.3 is 20.3 Å². The molecule has 0 saturated carbocycles. The van der Waals surface area contributed by atoms with Crippen molar-refractivity contribution in [2.45, 2.75) is 341 Å². The molecule has 0 aromatic rings. The second-order valence-electron chi connectivity index (χ2n) is 21.0. The molecule has 1 amide bonds. The van der Waals surface area contributed by atoms with Crippen molar-refractivity contribution in [3.63, 3.8) is 0 Å². The van der Waals surface area contributed by atoms with Crippen LogP contribution < -0.4 is 5.32 Å². The average Bonchev–Trinajstić information content (AvgIpc) is 3.35. The van der Waals surface area contributed by atoms with E-state index in [0.29, 0.717) is 25.9 Å². The van der Waals surface area contributed by atoms with E-state index in [1.54, 1.807) is 0 Å². The van der Waals surface area contributed by atoms with Crippen molar-refractivity contribution in [1.29, 1.82) is 0 Å². The first-order valence-electron chi connectivity index (χ1n) is 30.7. The Morgan fingerprint density at radius 3 is 1.17 bits per heavy atom. The Morgan fingerprint density at radius 1 is 0.406 bits per heavy atom. The summed E-state index contributed by atoms with van der Waals surface area (Å²) in [5.41, 5.74) is 0. The highest BCUT2D eigenvalue weighted by atomic mass is 16.5. The second kappa shape index (κ2) is 58.6. The van der Waals surface area contributed by atoms with Crippen molar-refractivity contribution in [2.75, 3.05) is 13.2 Å². The van der Waals surface area contributed by atoms with Crippen molar-refractivity contribution in [3.8, 4) is 0 Å². The Morgan fingerprint density at radius 2 is 0.754 bits per heavy atom. The molecule has 3 N–H and O–H groups in total. The van der Waals surface area contributed by atoms with Gasteiger partial charge in [-0.05, 0) is 77.0 Å². The minimum Gasteiger partial charge on any atom is -0.466 e. The number of aliphatic hydroxyl groups excluding tert-OH is 2. The molecule has 0 aromatic heterocycles. The first kappa shape index (κ1) is 67.1. The molecule has 6 nitrogen and oxygen atoms in total. The van der Waals surface area contributed by atoms with E-state index in [0.717, 1.165) is 57.8 Å². The third-order valence-corrected chi connectivity index (χ3v) is 14.1. The van der Waals surface area contributed by atoms with Gasteiger partial charge in [0, 0.05) is 12.8 Å². The highest BCUT2D eigenvalue weighted by Crippen LogP contribution is 2.17. The Kier molecular flexibility index (Phi) is 57.0. The molecule has 0 fully saturated rings. The smallest absolute Gasteiger partial charge is 0.305 e. The highest BCUT2D eigenvalue weighted by Gasteiger charge is 2.20. The fourth-order valence-electron chi connectivity index (χ4n) is 9.44. The van der Waals surface area contributed by atoms with Crippen LogP contribution in [0.5, 0.6) is 0 Å². The second-order valence-corrected chi connectivity index (χ2v) is 21.0. The van der Waals surface area contributed by atoms with Crippen LogP contribution in [-0.4, -0.2) is 47.4 Å². The SMILES string of the molecule is CCC/C=C\C/C=C\CCCCCCCC(=O)OCCCCCCCCCC/C=C\CCCCCCCCCC(=O)NC(CO)C(O)CCCCCCCCCCCCCCCCCCCCCC. The van der Waals surface area contributed by atoms with E-state index in [-0.39, 0.29) is 18.5 Å². The minimum absolute atomic E-state index is 0.0112. The summed E-state index contributed by atoms with van der Waals surface area (Å²) in [6.45, 7) is 4.89. The van der Waals surface area contributed by atoms with E-state index >= 15 is 0 Å². The lowest BCUT2D eigenvalue weighted by Gasteiger charge is -2.22. The van der Waals surface area contributed by atoms with Gasteiger partial charge in [0.1, 0.15) is 0 Å². The number of hydrogen-bond donors (Lipinski definition) is 3. The molecule has 0 spiro atoms. The Hall–Kier alpha value is -1.92. The molecular formula is C63H119NO5. The maximum Gasteiger partial charge on any atom is 0.305 e. The normalized spacial score (nSPS) is 12.8. The minimum atomic E-state index is -0.672. The van der Waals surface area contributed by atoms with Gasteiger partial charge in [0.15, 0.2) is 0 Å². The molecule has 0 heterocycles. The standard InChI is InChI=1S/C63H119NO5/c1-3-5-7-9-11-13-15-17-18-19-20-22-25-28-32-35-39-43-47-51-55-61(66)60(59-65)64-62(67)56-52-48-44-40-36-33-29-26-23-21-24-27-30-34-38-42-46-50-54-58-69-63(68)57-53-49-45-41-37-31-16-14-12-10-8-6-4-2/h8,10,14,16,21,23,60-61,65-66H,3-7,9,11-13,15,17-20,22,24-59H2,1-2H3,(H,64,67)/b10-8-,16-14-,23-21-. The maximum atomic E-state index is 12.5. The highest BCUT2D eigenvalue weighted by molar-refractivity contribution is 5.76. The molecule has 69 heavy (non-hydrogen) atoms. The van der Waals surface area contributed by atoms with Crippen LogP contribution in [0.4, 0.5) is 0 Å². The quantitative estimate of drug-likeness (QED) is 0.0321. The van der Waals surface area contributed by atoms with Crippen LogP contribution in [0.25, 0.3) is 0 Å². The number of rotatable bonds is 57. The zero-order valence-corrected chi connectivity index (χ0v) is 46.3. The largest absolute Gasteiger partial charge is 0.466 e. The molecule has 2 atom stereocenters. The van der Waals surface area contributed by atoms with Crippen LogP contribution >= 0.6 is 0 Å². The molecule has 0 aliphatic rings. The third kappa shape index (κ3) is 55.2. The van der Waals surface area contributed by atoms with E-state index in [1.807, 2.05) is 0 Å². The first-order valence-corrected chi connectivity index (χ1v) is 30.7. The Labute approximate surface area is 430 Å². The van der Waals surface area contributed by atoms with E-state index in [4.69, 9.17) is 4.74 Å². The molecule has 0 saturated heterocycles. The number of carbonyl (C=O) groups is 2. The van der Waals surface area contributed by atoms with E-state index in [2.05, 4.69) is 55.6 Å². The number of allylic oxidation sites excluding steroid dienone is 6. The topological polar surface area (TPSA) is 95.9 Å². The first-order chi connectivity index (χ1) is 34.0. The summed E-state index contributed by atoms with van der Waals surface area (Å²) in [6, 6.07) is -0.550. The summed E-state index contributed by atoms with van der Waals surface area (Å²) in [7, 11) is 0. The number of carbonyl (C=O) groups excluding carboxylic acids is 2. The number of esters is 1. The van der Waals surface area contributed by atoms with Crippen molar-refractivity contribution in [2.24, 2.45) is 0 Å². The monoisotopic (exact) mass is 970 g/mol. The van der Waals surface area contributed by atoms with Crippen LogP contribution in [0.3, 0.4) is 0 Å². The number of aliphatic hydroxyl groups is 2. The Bertz CT molecular complexity index is 1120. The van der Waals surface area contributed by atoms with Gasteiger partial charge in [-0.1, -0.05) is 275 Å². The average molecular weight is 971 g/mol. The lowest BCUT2D eigenvalue weighted by Crippen LogP contribution is -2.45. The molecule has 2 unspecified atom stereocenters. The van der Waals surface area contributed by atoms with E-state index in [9.17, 15) is 19.8 Å². The predicted octanol–water partition coefficient (Wildman–Crippen LogP) is 19.2. The summed E-state index contributed by atoms with van der Waals surface area (Å²) in [5.74, 6) is -0.0537. The van der Waals surface area contributed by atoms with Crippen LogP contribution in [0, 0.1) is 0 Å². The van der Waals surface area contributed by atoms with E-state index < -0.39 is 12.1 Å². The molecule has 0 aliphatic heterocycles. The van der Waals surface area contributed by atoms with Gasteiger partial charge >= 0.3 is 5.97 Å². The van der Waals surface area contributed by atoms with Crippen LogP contribution in [-0.2, 0) is 14.3 Å². The Balaban J connectivity index is 3.45. The van der Waals surface area contributed by atoms with Crippen LogP contribution in [0.1, 0.15) is 328 Å². The molecule has 406 valence electrons. The molecule has 6 heteroatoms. The summed E-state index contributed by atoms with van der Waals surface area (Å²) in [6.07, 6.45) is 72.9. The molecule has 0 aromatic carbocycles. The zero-order chi connectivity index (χ0) is 50.0. The van der Waals surface area contributed by atoms with Gasteiger partial charge in [0.2, 0.25) is 5.91 Å². The summed E-state index contributed by atoms with van der Waals surface area (Å²) >= 11 is 0. The summed E-state index contributed by atoms with van der Waals surface area (Å²) < 4.78 is 5.46. The number of unbranched alkanes of at least 4 members (excludes halogenated alkanes) is 40. The number of hydrogen-bond acceptors (Lipinski definition) is 5. The van der Waals surface area contributed by atoms with Gasteiger partial charge in [0.05, 0.1) is 25.4 Å². The fraction of sp³-hybridized carbons (Fsp3) is 0.873. The van der Waals surface area contributed by atoms with Crippen molar-refractivity contribution < 1.29 is 24.5 Å². The van der Waals surface area contributed by atoms with Gasteiger partial charge in [0.25, 0.3) is 0 Å². The van der Waals surface area contributed by atoms with Gasteiger partial charge in [-0.3, -0.25) is 9.59 Å². The van der Waals surface area contributed by atoms with E-state index in [1.165, 1.54) is 238 Å². The number of ether oxygens (including phenoxy) is 1. The van der Waals surface area contributed by atoms with Crippen molar-refractivity contribution in [3.05, 3.63) is 36.5 Å². The summed E-state index contributed by atoms with van der Waals surface area (Å²) in [4.78, 5) is 24.5. The predicted molar refractivity (Wildman–Crippen MR) is 301 cm³/mol. The number of nitrogens with one attached hydrogen (secondary N) is 1. The maximum absolute atomic E-state index is 12.5. The van der Waals surface area contributed by atoms with Crippen LogP contribution in [0.2, 0.25) is 0 Å². The van der Waals surface area contributed by atoms with Gasteiger partial charge in [-0.25, -0.2) is 0 Å². The van der Waals surface area contributed by atoms with Crippen molar-refractivity contribution in [1.82, 2.24) is 5.32 Å². The lowest BCUT2D eigenvalue weighted by atomic mass is 10.0.